The van der Waals surface area contributed by atoms with Crippen LogP contribution in [-0.2, 0) is 17.8 Å². The zero-order valence-corrected chi connectivity index (χ0v) is 20.5. The van der Waals surface area contributed by atoms with Crippen LogP contribution in [0.15, 0.2) is 30.5 Å². The Morgan fingerprint density at radius 3 is 2.44 bits per heavy atom. The van der Waals surface area contributed by atoms with Gasteiger partial charge in [0.2, 0.25) is 11.7 Å². The van der Waals surface area contributed by atoms with E-state index < -0.39 is 0 Å². The summed E-state index contributed by atoms with van der Waals surface area (Å²) in [6, 6.07) is 10.2. The van der Waals surface area contributed by atoms with Gasteiger partial charge in [-0.05, 0) is 35.5 Å². The molecule has 2 radical (unpaired) electrons. The van der Waals surface area contributed by atoms with Crippen molar-refractivity contribution in [3.63, 3.8) is 0 Å². The lowest BCUT2D eigenvalue weighted by molar-refractivity contribution is -0.120. The summed E-state index contributed by atoms with van der Waals surface area (Å²) in [5.74, 6) is 0.415. The zero-order chi connectivity index (χ0) is 24.5. The number of carbonyl (C=O) groups excluding carboxylic acids is 1. The SMILES string of the molecule is [B]c1cnc(C#N)nc1N(CC(C)C)NC(=O)Cc1ccc(CN2CCN(CCC)CC2)cc1. The van der Waals surface area contributed by atoms with Crippen LogP contribution in [0.3, 0.4) is 0 Å². The molecule has 2 aromatic rings. The summed E-state index contributed by atoms with van der Waals surface area (Å²) in [5.41, 5.74) is 5.40. The summed E-state index contributed by atoms with van der Waals surface area (Å²) in [5, 5.41) is 10.7. The molecule has 1 aromatic heterocycles. The van der Waals surface area contributed by atoms with Crippen molar-refractivity contribution in [3.05, 3.63) is 47.4 Å². The summed E-state index contributed by atoms with van der Waals surface area (Å²) in [6.07, 6.45) is 2.83. The van der Waals surface area contributed by atoms with Crippen molar-refractivity contribution >= 4 is 25.0 Å². The minimum Gasteiger partial charge on any atom is -0.301 e. The van der Waals surface area contributed by atoms with E-state index in [-0.39, 0.29) is 24.1 Å². The van der Waals surface area contributed by atoms with E-state index in [2.05, 4.69) is 44.3 Å². The number of amides is 1. The lowest BCUT2D eigenvalue weighted by atomic mass is 9.98. The van der Waals surface area contributed by atoms with Crippen LogP contribution in [0.1, 0.15) is 44.1 Å². The van der Waals surface area contributed by atoms with Crippen molar-refractivity contribution < 1.29 is 4.79 Å². The predicted octanol–water partition coefficient (Wildman–Crippen LogP) is 1.41. The third-order valence-electron chi connectivity index (χ3n) is 5.76. The molecule has 1 aliphatic rings. The number of anilines is 1. The number of nitrogens with zero attached hydrogens (tertiary/aromatic N) is 6. The summed E-state index contributed by atoms with van der Waals surface area (Å²) >= 11 is 0. The molecule has 0 bridgehead atoms. The first-order valence-corrected chi connectivity index (χ1v) is 12.0. The second-order valence-corrected chi connectivity index (χ2v) is 9.23. The summed E-state index contributed by atoms with van der Waals surface area (Å²) < 4.78 is 0. The third-order valence-corrected chi connectivity index (χ3v) is 5.76. The molecular formula is C25H34BN7O. The molecule has 0 atom stereocenters. The minimum absolute atomic E-state index is 0.00886. The Balaban J connectivity index is 1.57. The highest BCUT2D eigenvalue weighted by Gasteiger charge is 2.18. The minimum atomic E-state index is -0.169. The molecule has 0 unspecified atom stereocenters. The molecule has 0 saturated carbocycles. The topological polar surface area (TPSA) is 88.4 Å². The largest absolute Gasteiger partial charge is 0.301 e. The number of hydrogen-bond acceptors (Lipinski definition) is 7. The number of hydrazine groups is 1. The smallest absolute Gasteiger partial charge is 0.242 e. The Hall–Kier alpha value is -2.96. The number of rotatable bonds is 10. The molecule has 1 aromatic carbocycles. The fourth-order valence-electron chi connectivity index (χ4n) is 4.09. The maximum Gasteiger partial charge on any atom is 0.242 e. The third kappa shape index (κ3) is 7.54. The normalized spacial score (nSPS) is 14.7. The number of aromatic nitrogens is 2. The lowest BCUT2D eigenvalue weighted by Gasteiger charge is -2.34. The monoisotopic (exact) mass is 459 g/mol. The Morgan fingerprint density at radius 2 is 1.82 bits per heavy atom. The van der Waals surface area contributed by atoms with E-state index in [4.69, 9.17) is 13.1 Å². The number of hydrogen-bond donors (Lipinski definition) is 1. The van der Waals surface area contributed by atoms with E-state index in [1.54, 1.807) is 5.01 Å². The van der Waals surface area contributed by atoms with Crippen molar-refractivity contribution in [1.82, 2.24) is 25.2 Å². The van der Waals surface area contributed by atoms with Gasteiger partial charge in [-0.15, -0.1) is 0 Å². The number of nitrogens with one attached hydrogen (secondary N) is 1. The molecule has 1 aliphatic heterocycles. The van der Waals surface area contributed by atoms with E-state index in [9.17, 15) is 4.79 Å². The van der Waals surface area contributed by atoms with Gasteiger partial charge in [0.15, 0.2) is 0 Å². The first-order valence-electron chi connectivity index (χ1n) is 12.0. The van der Waals surface area contributed by atoms with Gasteiger partial charge in [0.05, 0.1) is 6.42 Å². The highest BCUT2D eigenvalue weighted by atomic mass is 16.2. The molecule has 1 amide bonds. The molecule has 178 valence electrons. The van der Waals surface area contributed by atoms with E-state index in [1.165, 1.54) is 24.7 Å². The second-order valence-electron chi connectivity index (χ2n) is 9.23. The van der Waals surface area contributed by atoms with Gasteiger partial charge in [-0.3, -0.25) is 20.1 Å². The van der Waals surface area contributed by atoms with Gasteiger partial charge < -0.3 is 4.90 Å². The van der Waals surface area contributed by atoms with Crippen LogP contribution in [0.25, 0.3) is 0 Å². The Kier molecular flexibility index (Phi) is 9.43. The van der Waals surface area contributed by atoms with Gasteiger partial charge >= 0.3 is 0 Å². The Labute approximate surface area is 204 Å². The van der Waals surface area contributed by atoms with Crippen LogP contribution >= 0.6 is 0 Å². The van der Waals surface area contributed by atoms with E-state index >= 15 is 0 Å². The first-order chi connectivity index (χ1) is 16.4. The maximum absolute atomic E-state index is 12.8. The highest BCUT2D eigenvalue weighted by molar-refractivity contribution is 6.35. The molecule has 1 fully saturated rings. The van der Waals surface area contributed by atoms with Gasteiger partial charge in [0.25, 0.3) is 0 Å². The van der Waals surface area contributed by atoms with Crippen LogP contribution in [-0.4, -0.2) is 72.8 Å². The summed E-state index contributed by atoms with van der Waals surface area (Å²) in [4.78, 5) is 25.9. The molecule has 1 saturated heterocycles. The predicted molar refractivity (Wildman–Crippen MR) is 135 cm³/mol. The van der Waals surface area contributed by atoms with Crippen molar-refractivity contribution in [2.75, 3.05) is 44.3 Å². The molecule has 0 aliphatic carbocycles. The van der Waals surface area contributed by atoms with E-state index in [0.717, 1.165) is 38.3 Å². The standard InChI is InChI=1S/C25H34BN7O/c1-4-9-31-10-12-32(13-11-31)18-21-7-5-20(6-8-21)14-24(34)30-33(17-19(2)3)25-22(26)16-28-23(15-27)29-25/h5-8,16,19H,4,9-14,17-18H2,1-3H3,(H,30,34). The van der Waals surface area contributed by atoms with Crippen molar-refractivity contribution in [1.29, 1.82) is 5.26 Å². The van der Waals surface area contributed by atoms with Gasteiger partial charge in [0.1, 0.15) is 19.7 Å². The van der Waals surface area contributed by atoms with Crippen LogP contribution in [0.2, 0.25) is 0 Å². The molecule has 3 rings (SSSR count). The van der Waals surface area contributed by atoms with Crippen molar-refractivity contribution in [3.8, 4) is 6.07 Å². The fraction of sp³-hybridized carbons (Fsp3) is 0.520. The van der Waals surface area contributed by atoms with Crippen LogP contribution in [0.5, 0.6) is 0 Å². The number of piperazine rings is 1. The zero-order valence-electron chi connectivity index (χ0n) is 20.5. The van der Waals surface area contributed by atoms with E-state index in [0.29, 0.717) is 17.8 Å². The van der Waals surface area contributed by atoms with Crippen LogP contribution < -0.4 is 15.9 Å². The average Bonchev–Trinajstić information content (AvgIpc) is 2.81. The van der Waals surface area contributed by atoms with Gasteiger partial charge in [-0.25, -0.2) is 9.97 Å². The van der Waals surface area contributed by atoms with E-state index in [1.807, 2.05) is 32.0 Å². The van der Waals surface area contributed by atoms with Crippen molar-refractivity contribution in [2.45, 2.75) is 40.2 Å². The first kappa shape index (κ1) is 25.7. The van der Waals surface area contributed by atoms with Gasteiger partial charge in [-0.1, -0.05) is 45.0 Å². The molecule has 34 heavy (non-hydrogen) atoms. The lowest BCUT2D eigenvalue weighted by Crippen LogP contribution is -2.47. The summed E-state index contributed by atoms with van der Waals surface area (Å²) in [7, 11) is 6.03. The Morgan fingerprint density at radius 1 is 1.18 bits per heavy atom. The molecule has 0 spiro atoms. The summed E-state index contributed by atoms with van der Waals surface area (Å²) in [6.45, 7) is 13.4. The number of carbonyl (C=O) groups is 1. The number of nitriles is 1. The molecule has 8 nitrogen and oxygen atoms in total. The fourth-order valence-corrected chi connectivity index (χ4v) is 4.09. The van der Waals surface area contributed by atoms with Crippen LogP contribution in [0.4, 0.5) is 5.82 Å². The Bertz CT molecular complexity index is 982. The molecule has 2 heterocycles. The molecule has 1 N–H and O–H groups in total. The molecule has 9 heteroatoms. The van der Waals surface area contributed by atoms with Crippen molar-refractivity contribution in [2.24, 2.45) is 5.92 Å². The van der Waals surface area contributed by atoms with Crippen LogP contribution in [0, 0.1) is 17.2 Å². The number of benzene rings is 1. The van der Waals surface area contributed by atoms with Gasteiger partial charge in [0, 0.05) is 45.5 Å². The quantitative estimate of drug-likeness (QED) is 0.425. The maximum atomic E-state index is 12.8. The second kappa shape index (κ2) is 12.5. The highest BCUT2D eigenvalue weighted by Crippen LogP contribution is 2.12. The average molecular weight is 459 g/mol. The molecular weight excluding hydrogens is 425 g/mol. The van der Waals surface area contributed by atoms with Gasteiger partial charge in [-0.2, -0.15) is 5.26 Å².